The van der Waals surface area contributed by atoms with Gasteiger partial charge < -0.3 is 15.4 Å². The number of rotatable bonds is 5. The number of anilines is 1. The van der Waals surface area contributed by atoms with Crippen molar-refractivity contribution in [1.29, 1.82) is 0 Å². The number of H-pyrrole nitrogens is 1. The molecular weight excluding hydrogens is 386 g/mol. The van der Waals surface area contributed by atoms with E-state index in [2.05, 4.69) is 31.2 Å². The van der Waals surface area contributed by atoms with Crippen LogP contribution >= 0.6 is 15.9 Å². The van der Waals surface area contributed by atoms with Gasteiger partial charge in [0.15, 0.2) is 0 Å². The lowest BCUT2D eigenvalue weighted by Gasteiger charge is -2.16. The molecule has 1 amide bonds. The normalized spacial score (nSPS) is 12.1. The van der Waals surface area contributed by atoms with Crippen LogP contribution in [-0.4, -0.2) is 27.0 Å². The molecule has 0 spiro atoms. The van der Waals surface area contributed by atoms with E-state index in [0.717, 1.165) is 9.86 Å². The fraction of sp³-hybridized carbons (Fsp3) is 0.167. The standard InChI is InChI=1S/C18H16BrN3O3/c1-2-10(18(24)25)11-5-3-4-6-14(11)22-17(23)15-9-13(19)12-7-8-20-16(12)21-15/h3-10H,2H2,1H3,(H,20,21)(H,22,23)(H,24,25). The summed E-state index contributed by atoms with van der Waals surface area (Å²) in [6.07, 6.45) is 2.18. The minimum atomic E-state index is -0.919. The number of benzene rings is 1. The lowest BCUT2D eigenvalue weighted by molar-refractivity contribution is -0.138. The molecule has 0 aliphatic rings. The number of pyridine rings is 1. The topological polar surface area (TPSA) is 95.1 Å². The van der Waals surface area contributed by atoms with Crippen molar-refractivity contribution in [2.45, 2.75) is 19.3 Å². The first kappa shape index (κ1) is 17.2. The van der Waals surface area contributed by atoms with Gasteiger partial charge in [-0.2, -0.15) is 0 Å². The fourth-order valence-corrected chi connectivity index (χ4v) is 3.28. The van der Waals surface area contributed by atoms with Crippen LogP contribution in [0.4, 0.5) is 5.69 Å². The Morgan fingerprint density at radius 3 is 2.80 bits per heavy atom. The fourth-order valence-electron chi connectivity index (χ4n) is 2.74. The summed E-state index contributed by atoms with van der Waals surface area (Å²) in [5.74, 6) is -2.00. The Bertz CT molecular complexity index is 952. The van der Waals surface area contributed by atoms with Crippen LogP contribution in [0, 0.1) is 0 Å². The van der Waals surface area contributed by atoms with Crippen molar-refractivity contribution < 1.29 is 14.7 Å². The summed E-state index contributed by atoms with van der Waals surface area (Å²) in [6.45, 7) is 1.80. The second-order valence-corrected chi connectivity index (χ2v) is 6.42. The summed E-state index contributed by atoms with van der Waals surface area (Å²) in [6, 6.07) is 10.4. The molecule has 1 atom stereocenters. The molecule has 0 fully saturated rings. The molecule has 3 rings (SSSR count). The van der Waals surface area contributed by atoms with Gasteiger partial charge in [-0.1, -0.05) is 25.1 Å². The van der Waals surface area contributed by atoms with Gasteiger partial charge in [-0.05, 0) is 46.1 Å². The maximum Gasteiger partial charge on any atom is 0.311 e. The molecule has 0 aliphatic heterocycles. The molecule has 3 aromatic rings. The molecule has 1 aromatic carbocycles. The molecule has 128 valence electrons. The summed E-state index contributed by atoms with van der Waals surface area (Å²) in [5.41, 5.74) is 1.89. The van der Waals surface area contributed by atoms with E-state index in [0.29, 0.717) is 23.3 Å². The van der Waals surface area contributed by atoms with Crippen LogP contribution in [0.5, 0.6) is 0 Å². The number of nitrogens with one attached hydrogen (secondary N) is 2. The van der Waals surface area contributed by atoms with Crippen molar-refractivity contribution in [3.8, 4) is 0 Å². The quantitative estimate of drug-likeness (QED) is 0.597. The zero-order valence-corrected chi connectivity index (χ0v) is 15.0. The van der Waals surface area contributed by atoms with Crippen LogP contribution in [0.25, 0.3) is 11.0 Å². The van der Waals surface area contributed by atoms with Crippen molar-refractivity contribution in [1.82, 2.24) is 9.97 Å². The number of amides is 1. The number of halogens is 1. The predicted octanol–water partition coefficient (Wildman–Crippen LogP) is 4.16. The average molecular weight is 402 g/mol. The minimum Gasteiger partial charge on any atom is -0.481 e. The monoisotopic (exact) mass is 401 g/mol. The number of aliphatic carboxylic acids is 1. The number of aromatic amines is 1. The van der Waals surface area contributed by atoms with Gasteiger partial charge in [0.1, 0.15) is 11.3 Å². The number of fused-ring (bicyclic) bond motifs is 1. The van der Waals surface area contributed by atoms with Crippen LogP contribution in [-0.2, 0) is 4.79 Å². The van der Waals surface area contributed by atoms with Crippen LogP contribution < -0.4 is 5.32 Å². The van der Waals surface area contributed by atoms with E-state index in [1.54, 1.807) is 43.5 Å². The van der Waals surface area contributed by atoms with E-state index < -0.39 is 17.8 Å². The van der Waals surface area contributed by atoms with E-state index in [1.165, 1.54) is 0 Å². The molecule has 7 heteroatoms. The first-order valence-corrected chi connectivity index (χ1v) is 8.57. The number of carbonyl (C=O) groups excluding carboxylic acids is 1. The summed E-state index contributed by atoms with van der Waals surface area (Å²) >= 11 is 3.43. The maximum absolute atomic E-state index is 12.6. The molecule has 2 heterocycles. The summed E-state index contributed by atoms with van der Waals surface area (Å²) in [7, 11) is 0. The van der Waals surface area contributed by atoms with Gasteiger partial charge in [0.25, 0.3) is 5.91 Å². The third kappa shape index (κ3) is 3.41. The summed E-state index contributed by atoms with van der Waals surface area (Å²) in [4.78, 5) is 31.4. The van der Waals surface area contributed by atoms with Crippen LogP contribution in [0.2, 0.25) is 0 Å². The Kier molecular flexibility index (Phi) is 4.85. The van der Waals surface area contributed by atoms with Gasteiger partial charge in [0.2, 0.25) is 0 Å². The van der Waals surface area contributed by atoms with Gasteiger partial charge in [0, 0.05) is 21.7 Å². The molecule has 1 unspecified atom stereocenters. The highest BCUT2D eigenvalue weighted by Crippen LogP contribution is 2.28. The van der Waals surface area contributed by atoms with Crippen LogP contribution in [0.3, 0.4) is 0 Å². The number of para-hydroxylation sites is 1. The smallest absolute Gasteiger partial charge is 0.311 e. The number of carboxylic acids is 1. The van der Waals surface area contributed by atoms with Gasteiger partial charge in [-0.3, -0.25) is 9.59 Å². The van der Waals surface area contributed by atoms with Gasteiger partial charge >= 0.3 is 5.97 Å². The Labute approximate surface area is 152 Å². The molecule has 3 N–H and O–H groups in total. The number of aromatic nitrogens is 2. The molecule has 2 aromatic heterocycles. The zero-order valence-electron chi connectivity index (χ0n) is 13.4. The predicted molar refractivity (Wildman–Crippen MR) is 98.9 cm³/mol. The van der Waals surface area contributed by atoms with Crippen LogP contribution in [0.15, 0.2) is 47.1 Å². The summed E-state index contributed by atoms with van der Waals surface area (Å²) in [5, 5.41) is 13.1. The van der Waals surface area contributed by atoms with Crippen molar-refractivity contribution in [2.75, 3.05) is 5.32 Å². The molecule has 25 heavy (non-hydrogen) atoms. The summed E-state index contributed by atoms with van der Waals surface area (Å²) < 4.78 is 0.758. The van der Waals surface area contributed by atoms with Crippen LogP contribution in [0.1, 0.15) is 35.3 Å². The first-order chi connectivity index (χ1) is 12.0. The van der Waals surface area contributed by atoms with Crippen molar-refractivity contribution in [3.63, 3.8) is 0 Å². The lowest BCUT2D eigenvalue weighted by Crippen LogP contribution is -2.18. The lowest BCUT2D eigenvalue weighted by atomic mass is 9.95. The molecule has 0 saturated carbocycles. The van der Waals surface area contributed by atoms with Crippen molar-refractivity contribution >= 4 is 44.5 Å². The molecule has 0 radical (unpaired) electrons. The molecular formula is C18H16BrN3O3. The highest BCUT2D eigenvalue weighted by atomic mass is 79.9. The largest absolute Gasteiger partial charge is 0.481 e. The van der Waals surface area contributed by atoms with Crippen molar-refractivity contribution in [2.24, 2.45) is 0 Å². The Balaban J connectivity index is 1.94. The Hall–Kier alpha value is -2.67. The third-order valence-electron chi connectivity index (χ3n) is 4.00. The first-order valence-electron chi connectivity index (χ1n) is 7.78. The van der Waals surface area contributed by atoms with E-state index in [-0.39, 0.29) is 5.69 Å². The number of carbonyl (C=O) groups is 2. The molecule has 0 aliphatic carbocycles. The van der Waals surface area contributed by atoms with E-state index in [1.807, 2.05) is 6.07 Å². The second-order valence-electron chi connectivity index (χ2n) is 5.57. The molecule has 6 nitrogen and oxygen atoms in total. The highest BCUT2D eigenvalue weighted by Gasteiger charge is 2.22. The maximum atomic E-state index is 12.6. The second kappa shape index (κ2) is 7.06. The molecule has 0 bridgehead atoms. The Morgan fingerprint density at radius 1 is 1.32 bits per heavy atom. The van der Waals surface area contributed by atoms with E-state index in [9.17, 15) is 14.7 Å². The highest BCUT2D eigenvalue weighted by molar-refractivity contribution is 9.10. The Morgan fingerprint density at radius 2 is 2.08 bits per heavy atom. The number of nitrogens with zero attached hydrogens (tertiary/aromatic N) is 1. The third-order valence-corrected chi connectivity index (χ3v) is 4.66. The number of hydrogen-bond acceptors (Lipinski definition) is 3. The average Bonchev–Trinajstić information content (AvgIpc) is 3.06. The number of hydrogen-bond donors (Lipinski definition) is 3. The minimum absolute atomic E-state index is 0.236. The van der Waals surface area contributed by atoms with Gasteiger partial charge in [0.05, 0.1) is 5.92 Å². The number of carboxylic acid groups (broad SMARTS) is 1. The SMILES string of the molecule is CCC(C(=O)O)c1ccccc1NC(=O)c1cc(Br)c2cc[nH]c2n1. The van der Waals surface area contributed by atoms with E-state index >= 15 is 0 Å². The van der Waals surface area contributed by atoms with Crippen molar-refractivity contribution in [3.05, 3.63) is 58.3 Å². The molecule has 0 saturated heterocycles. The van der Waals surface area contributed by atoms with Gasteiger partial charge in [-0.15, -0.1) is 0 Å². The van der Waals surface area contributed by atoms with E-state index in [4.69, 9.17) is 0 Å². The van der Waals surface area contributed by atoms with Gasteiger partial charge in [-0.25, -0.2) is 4.98 Å². The zero-order chi connectivity index (χ0) is 18.0.